The highest BCUT2D eigenvalue weighted by atomic mass is 16.5. The van der Waals surface area contributed by atoms with Crippen LogP contribution in [0.25, 0.3) is 0 Å². The second-order valence-electron chi connectivity index (χ2n) is 7.21. The maximum absolute atomic E-state index is 12.8. The predicted octanol–water partition coefficient (Wildman–Crippen LogP) is 2.54. The Balaban J connectivity index is 1.52. The lowest BCUT2D eigenvalue weighted by Crippen LogP contribution is -2.41. The molecule has 0 N–H and O–H groups in total. The fourth-order valence-electron chi connectivity index (χ4n) is 3.82. The van der Waals surface area contributed by atoms with E-state index >= 15 is 0 Å². The minimum atomic E-state index is 0.150. The minimum absolute atomic E-state index is 0.150. The molecule has 3 rings (SSSR count). The van der Waals surface area contributed by atoms with Gasteiger partial charge in [-0.1, -0.05) is 12.1 Å². The quantitative estimate of drug-likeness (QED) is 0.840. The number of methoxy groups -OCH3 is 1. The second kappa shape index (κ2) is 8.68. The van der Waals surface area contributed by atoms with E-state index in [1.54, 1.807) is 7.11 Å². The maximum Gasteiger partial charge on any atom is 0.225 e. The Labute approximate surface area is 150 Å². The van der Waals surface area contributed by atoms with Gasteiger partial charge in [0.1, 0.15) is 5.75 Å². The molecule has 0 aliphatic carbocycles. The third-order valence-corrected chi connectivity index (χ3v) is 5.30. The van der Waals surface area contributed by atoms with Crippen molar-refractivity contribution in [1.82, 2.24) is 9.80 Å². The van der Waals surface area contributed by atoms with Crippen molar-refractivity contribution in [3.05, 3.63) is 29.8 Å². The molecule has 138 valence electrons. The Morgan fingerprint density at radius 1 is 1.20 bits per heavy atom. The summed E-state index contributed by atoms with van der Waals surface area (Å²) < 4.78 is 10.8. The molecule has 5 nitrogen and oxygen atoms in total. The molecule has 0 radical (unpaired) electrons. The van der Waals surface area contributed by atoms with Crippen molar-refractivity contribution in [1.29, 1.82) is 0 Å². The van der Waals surface area contributed by atoms with Crippen molar-refractivity contribution in [3.63, 3.8) is 0 Å². The van der Waals surface area contributed by atoms with Crippen LogP contribution in [0.2, 0.25) is 0 Å². The van der Waals surface area contributed by atoms with E-state index < -0.39 is 0 Å². The van der Waals surface area contributed by atoms with Gasteiger partial charge in [-0.15, -0.1) is 0 Å². The molecule has 2 saturated heterocycles. The van der Waals surface area contributed by atoms with E-state index in [0.29, 0.717) is 5.91 Å². The number of hydrogen-bond donors (Lipinski definition) is 0. The fourth-order valence-corrected chi connectivity index (χ4v) is 3.82. The molecule has 0 saturated carbocycles. The monoisotopic (exact) mass is 346 g/mol. The molecule has 1 amide bonds. The summed E-state index contributed by atoms with van der Waals surface area (Å²) in [6, 6.07) is 8.26. The van der Waals surface area contributed by atoms with Crippen molar-refractivity contribution >= 4 is 5.91 Å². The summed E-state index contributed by atoms with van der Waals surface area (Å²) in [7, 11) is 1.69. The van der Waals surface area contributed by atoms with Gasteiger partial charge in [-0.2, -0.15) is 0 Å². The number of nitrogens with zero attached hydrogens (tertiary/aromatic N) is 2. The first-order valence-electron chi connectivity index (χ1n) is 9.41. The lowest BCUT2D eigenvalue weighted by molar-refractivity contribution is -0.140. The molecule has 2 aliphatic rings. The van der Waals surface area contributed by atoms with Crippen LogP contribution in [0.4, 0.5) is 0 Å². The zero-order chi connectivity index (χ0) is 17.6. The average molecular weight is 346 g/mol. The van der Waals surface area contributed by atoms with Crippen molar-refractivity contribution < 1.29 is 14.3 Å². The van der Waals surface area contributed by atoms with Crippen LogP contribution in [0, 0.1) is 5.92 Å². The molecule has 25 heavy (non-hydrogen) atoms. The van der Waals surface area contributed by atoms with Crippen molar-refractivity contribution in [3.8, 4) is 5.75 Å². The number of ether oxygens (including phenoxy) is 2. The highest BCUT2D eigenvalue weighted by molar-refractivity contribution is 5.79. The lowest BCUT2D eigenvalue weighted by Gasteiger charge is -2.31. The van der Waals surface area contributed by atoms with Crippen molar-refractivity contribution in [2.75, 3.05) is 39.9 Å². The van der Waals surface area contributed by atoms with Crippen LogP contribution in [-0.4, -0.2) is 61.7 Å². The van der Waals surface area contributed by atoms with Crippen molar-refractivity contribution in [2.24, 2.45) is 5.92 Å². The minimum Gasteiger partial charge on any atom is -0.497 e. The number of rotatable bonds is 4. The number of hydrogen-bond acceptors (Lipinski definition) is 4. The van der Waals surface area contributed by atoms with Gasteiger partial charge in [0.05, 0.1) is 13.2 Å². The van der Waals surface area contributed by atoms with Crippen LogP contribution in [-0.2, 0) is 16.1 Å². The average Bonchev–Trinajstić information content (AvgIpc) is 2.87. The Morgan fingerprint density at radius 2 is 2.00 bits per heavy atom. The van der Waals surface area contributed by atoms with E-state index in [2.05, 4.69) is 28.9 Å². The normalized spacial score (nSPS) is 25.4. The lowest BCUT2D eigenvalue weighted by atomic mass is 9.94. The van der Waals surface area contributed by atoms with Crippen LogP contribution in [0.5, 0.6) is 5.75 Å². The summed E-state index contributed by atoms with van der Waals surface area (Å²) in [5.41, 5.74) is 1.29. The number of carbonyl (C=O) groups is 1. The molecule has 0 unspecified atom stereocenters. The van der Waals surface area contributed by atoms with Gasteiger partial charge in [0.15, 0.2) is 0 Å². The third-order valence-electron chi connectivity index (χ3n) is 5.30. The molecule has 2 fully saturated rings. The van der Waals surface area contributed by atoms with Crippen LogP contribution in [0.1, 0.15) is 31.7 Å². The Hall–Kier alpha value is -1.59. The number of amides is 1. The van der Waals surface area contributed by atoms with E-state index in [9.17, 15) is 4.79 Å². The van der Waals surface area contributed by atoms with Crippen LogP contribution in [0.3, 0.4) is 0 Å². The van der Waals surface area contributed by atoms with Gasteiger partial charge in [0.2, 0.25) is 5.91 Å². The number of carbonyl (C=O) groups excluding carboxylic acids is 1. The molecule has 1 aromatic rings. The Bertz CT molecular complexity index is 561. The summed E-state index contributed by atoms with van der Waals surface area (Å²) in [5, 5.41) is 0. The summed E-state index contributed by atoms with van der Waals surface area (Å²) in [4.78, 5) is 17.4. The van der Waals surface area contributed by atoms with E-state index in [1.165, 1.54) is 5.56 Å². The van der Waals surface area contributed by atoms with Gasteiger partial charge >= 0.3 is 0 Å². The predicted molar refractivity (Wildman–Crippen MR) is 97.6 cm³/mol. The third kappa shape index (κ3) is 4.95. The molecule has 2 heterocycles. The first kappa shape index (κ1) is 18.2. The van der Waals surface area contributed by atoms with Crippen molar-refractivity contribution in [2.45, 2.75) is 38.8 Å². The van der Waals surface area contributed by atoms with Gasteiger partial charge in [0, 0.05) is 45.2 Å². The summed E-state index contributed by atoms with van der Waals surface area (Å²) >= 11 is 0. The molecule has 0 spiro atoms. The molecule has 0 aromatic heterocycles. The first-order chi connectivity index (χ1) is 12.2. The molecule has 2 atom stereocenters. The highest BCUT2D eigenvalue weighted by Gasteiger charge is 2.30. The van der Waals surface area contributed by atoms with Gasteiger partial charge in [-0.3, -0.25) is 9.69 Å². The summed E-state index contributed by atoms with van der Waals surface area (Å²) in [6.07, 6.45) is 2.99. The van der Waals surface area contributed by atoms with Crippen LogP contribution >= 0.6 is 0 Å². The molecular formula is C20H30N2O3. The van der Waals surface area contributed by atoms with Gasteiger partial charge in [-0.25, -0.2) is 0 Å². The first-order valence-corrected chi connectivity index (χ1v) is 9.41. The van der Waals surface area contributed by atoms with E-state index in [-0.39, 0.29) is 12.0 Å². The zero-order valence-electron chi connectivity index (χ0n) is 15.4. The van der Waals surface area contributed by atoms with Crippen LogP contribution < -0.4 is 4.74 Å². The largest absolute Gasteiger partial charge is 0.497 e. The van der Waals surface area contributed by atoms with E-state index in [1.807, 2.05) is 12.1 Å². The molecule has 5 heteroatoms. The van der Waals surface area contributed by atoms with E-state index in [0.717, 1.165) is 64.3 Å². The zero-order valence-corrected chi connectivity index (χ0v) is 15.4. The molecule has 2 aliphatic heterocycles. The van der Waals surface area contributed by atoms with Crippen LogP contribution in [0.15, 0.2) is 24.3 Å². The van der Waals surface area contributed by atoms with Gasteiger partial charge in [-0.05, 0) is 43.9 Å². The summed E-state index contributed by atoms with van der Waals surface area (Å²) in [5.74, 6) is 1.38. The standard InChI is InChI=1S/C20H30N2O3/c1-16-14-18(8-13-25-16)20(23)22-10-3-9-21(11-12-22)15-17-4-6-19(24-2)7-5-17/h4-7,16,18H,3,8-15H2,1-2H3/t16-,18+/m1/s1. The fraction of sp³-hybridized carbons (Fsp3) is 0.650. The summed E-state index contributed by atoms with van der Waals surface area (Å²) in [6.45, 7) is 7.41. The molecular weight excluding hydrogens is 316 g/mol. The topological polar surface area (TPSA) is 42.0 Å². The second-order valence-corrected chi connectivity index (χ2v) is 7.21. The molecule has 1 aromatic carbocycles. The number of benzene rings is 1. The molecule has 0 bridgehead atoms. The van der Waals surface area contributed by atoms with Gasteiger partial charge < -0.3 is 14.4 Å². The smallest absolute Gasteiger partial charge is 0.225 e. The van der Waals surface area contributed by atoms with E-state index in [4.69, 9.17) is 9.47 Å². The Morgan fingerprint density at radius 3 is 2.72 bits per heavy atom. The SMILES string of the molecule is COc1ccc(CN2CCCN(C(=O)[C@H]3CCO[C@H](C)C3)CC2)cc1. The maximum atomic E-state index is 12.8. The highest BCUT2D eigenvalue weighted by Crippen LogP contribution is 2.23. The Kier molecular flexibility index (Phi) is 6.32. The van der Waals surface area contributed by atoms with Gasteiger partial charge in [0.25, 0.3) is 0 Å².